The molecule has 0 saturated carbocycles. The number of primary amides is 1. The van der Waals surface area contributed by atoms with E-state index in [9.17, 15) is 14.4 Å². The Morgan fingerprint density at radius 2 is 2.14 bits per heavy atom. The summed E-state index contributed by atoms with van der Waals surface area (Å²) in [6, 6.07) is -1.01. The van der Waals surface area contributed by atoms with Crippen molar-refractivity contribution in [2.75, 3.05) is 0 Å². The highest BCUT2D eigenvalue weighted by Crippen LogP contribution is 2.21. The van der Waals surface area contributed by atoms with Crippen LogP contribution in [0.4, 0.5) is 4.79 Å². The van der Waals surface area contributed by atoms with Crippen molar-refractivity contribution in [2.24, 2.45) is 12.8 Å². The van der Waals surface area contributed by atoms with Crippen LogP contribution in [0.3, 0.4) is 0 Å². The molecule has 0 aromatic carbocycles. The lowest BCUT2D eigenvalue weighted by atomic mass is 10.2. The summed E-state index contributed by atoms with van der Waals surface area (Å²) in [6.07, 6.45) is 2.96. The molecule has 2 heterocycles. The molecule has 0 aliphatic carbocycles. The molecule has 4 N–H and O–H groups in total. The first-order valence-corrected chi connectivity index (χ1v) is 5.63. The van der Waals surface area contributed by atoms with Gasteiger partial charge >= 0.3 is 12.0 Å². The number of rotatable bonds is 4. The molecule has 11 heteroatoms. The van der Waals surface area contributed by atoms with Crippen LogP contribution >= 0.6 is 0 Å². The standard InChI is InChI=1S/C10H11N7O4/c1-16-3-5(2-12-16)8-7(9(19)20)14-15-17(8)4-6(18)13-10(11)21/h2-3H,4H2,1H3,(H,19,20)(H3,11,13,18,21). The maximum Gasteiger partial charge on any atom is 0.358 e. The van der Waals surface area contributed by atoms with Gasteiger partial charge < -0.3 is 10.8 Å². The summed E-state index contributed by atoms with van der Waals surface area (Å²) in [4.78, 5) is 33.3. The van der Waals surface area contributed by atoms with Crippen molar-refractivity contribution in [2.45, 2.75) is 6.54 Å². The Hall–Kier alpha value is -3.24. The van der Waals surface area contributed by atoms with Crippen LogP contribution in [0.5, 0.6) is 0 Å². The normalized spacial score (nSPS) is 10.3. The number of nitrogens with two attached hydrogens (primary N) is 1. The molecule has 110 valence electrons. The molecule has 0 fully saturated rings. The molecule has 21 heavy (non-hydrogen) atoms. The molecule has 0 saturated heterocycles. The Morgan fingerprint density at radius 1 is 1.43 bits per heavy atom. The zero-order valence-corrected chi connectivity index (χ0v) is 10.8. The number of carboxylic acid groups (broad SMARTS) is 1. The average molecular weight is 293 g/mol. The van der Waals surface area contributed by atoms with Gasteiger partial charge in [0.25, 0.3) is 0 Å². The van der Waals surface area contributed by atoms with Crippen molar-refractivity contribution in [3.8, 4) is 11.3 Å². The fourth-order valence-corrected chi connectivity index (χ4v) is 1.71. The number of hydrogen-bond acceptors (Lipinski definition) is 6. The van der Waals surface area contributed by atoms with E-state index in [1.807, 2.05) is 5.32 Å². The smallest absolute Gasteiger partial charge is 0.358 e. The minimum atomic E-state index is -1.30. The van der Waals surface area contributed by atoms with Crippen LogP contribution in [0.2, 0.25) is 0 Å². The number of carbonyl (C=O) groups is 3. The predicted molar refractivity (Wildman–Crippen MR) is 66.9 cm³/mol. The Bertz CT molecular complexity index is 717. The molecule has 11 nitrogen and oxygen atoms in total. The highest BCUT2D eigenvalue weighted by molar-refractivity contribution is 5.95. The van der Waals surface area contributed by atoms with Gasteiger partial charge in [-0.3, -0.25) is 14.8 Å². The van der Waals surface area contributed by atoms with Crippen LogP contribution in [0.1, 0.15) is 10.5 Å². The van der Waals surface area contributed by atoms with E-state index in [-0.39, 0.29) is 11.4 Å². The monoisotopic (exact) mass is 293 g/mol. The first-order chi connectivity index (χ1) is 9.88. The lowest BCUT2D eigenvalue weighted by molar-refractivity contribution is -0.120. The molecule has 2 aromatic rings. The number of aromatic nitrogens is 5. The van der Waals surface area contributed by atoms with Crippen molar-refractivity contribution in [1.29, 1.82) is 0 Å². The highest BCUT2D eigenvalue weighted by Gasteiger charge is 2.23. The minimum Gasteiger partial charge on any atom is -0.476 e. The number of aryl methyl sites for hydroxylation is 1. The number of carbonyl (C=O) groups excluding carboxylic acids is 2. The number of urea groups is 1. The van der Waals surface area contributed by atoms with E-state index in [2.05, 4.69) is 15.4 Å². The summed E-state index contributed by atoms with van der Waals surface area (Å²) in [5, 5.41) is 22.0. The molecular weight excluding hydrogens is 282 g/mol. The number of aromatic carboxylic acids is 1. The molecule has 3 amide bonds. The van der Waals surface area contributed by atoms with Gasteiger partial charge in [-0.2, -0.15) is 5.10 Å². The molecule has 0 atom stereocenters. The SMILES string of the molecule is Cn1cc(-c2c(C(=O)O)nnn2CC(=O)NC(N)=O)cn1. The van der Waals surface area contributed by atoms with E-state index < -0.39 is 24.5 Å². The summed E-state index contributed by atoms with van der Waals surface area (Å²) >= 11 is 0. The van der Waals surface area contributed by atoms with Crippen molar-refractivity contribution >= 4 is 17.9 Å². The van der Waals surface area contributed by atoms with E-state index in [4.69, 9.17) is 10.8 Å². The number of amides is 3. The van der Waals surface area contributed by atoms with Gasteiger partial charge in [-0.1, -0.05) is 5.21 Å². The maximum absolute atomic E-state index is 11.5. The van der Waals surface area contributed by atoms with E-state index in [1.54, 1.807) is 13.2 Å². The van der Waals surface area contributed by atoms with Crippen molar-refractivity contribution in [3.63, 3.8) is 0 Å². The molecular formula is C10H11N7O4. The average Bonchev–Trinajstić information content (AvgIpc) is 2.94. The molecule has 0 aliphatic heterocycles. The second-order valence-electron chi connectivity index (χ2n) is 4.06. The number of nitrogens with one attached hydrogen (secondary N) is 1. The fourth-order valence-electron chi connectivity index (χ4n) is 1.71. The number of hydrogen-bond donors (Lipinski definition) is 3. The van der Waals surface area contributed by atoms with Gasteiger partial charge in [0.1, 0.15) is 12.2 Å². The third kappa shape index (κ3) is 3.02. The van der Waals surface area contributed by atoms with Gasteiger partial charge in [-0.05, 0) is 0 Å². The van der Waals surface area contributed by atoms with Crippen LogP contribution in [0, 0.1) is 0 Å². The van der Waals surface area contributed by atoms with Gasteiger partial charge in [-0.25, -0.2) is 14.3 Å². The minimum absolute atomic E-state index is 0.107. The molecule has 2 rings (SSSR count). The van der Waals surface area contributed by atoms with E-state index in [1.165, 1.54) is 10.9 Å². The van der Waals surface area contributed by atoms with Gasteiger partial charge in [0, 0.05) is 18.8 Å². The maximum atomic E-state index is 11.5. The molecule has 0 unspecified atom stereocenters. The Labute approximate surface area is 117 Å². The quantitative estimate of drug-likeness (QED) is 0.623. The summed E-state index contributed by atoms with van der Waals surface area (Å²) in [5.41, 5.74) is 5.03. The Balaban J connectivity index is 2.40. The van der Waals surface area contributed by atoms with Gasteiger partial charge in [0.15, 0.2) is 5.69 Å². The predicted octanol–water partition coefficient (Wildman–Crippen LogP) is -1.43. The zero-order chi connectivity index (χ0) is 15.6. The van der Waals surface area contributed by atoms with Crippen LogP contribution < -0.4 is 11.1 Å². The van der Waals surface area contributed by atoms with E-state index in [0.29, 0.717) is 5.56 Å². The second kappa shape index (κ2) is 5.40. The van der Waals surface area contributed by atoms with Crippen molar-refractivity contribution in [1.82, 2.24) is 30.1 Å². The molecule has 0 aliphatic rings. The van der Waals surface area contributed by atoms with Gasteiger partial charge in [0.2, 0.25) is 5.91 Å². The molecule has 2 aromatic heterocycles. The van der Waals surface area contributed by atoms with Crippen LogP contribution in [-0.2, 0) is 18.4 Å². The lowest BCUT2D eigenvalue weighted by Gasteiger charge is -2.04. The van der Waals surface area contributed by atoms with Gasteiger partial charge in [-0.15, -0.1) is 5.10 Å². The summed E-state index contributed by atoms with van der Waals surface area (Å²) in [6.45, 7) is -0.409. The molecule has 0 spiro atoms. The summed E-state index contributed by atoms with van der Waals surface area (Å²) < 4.78 is 2.51. The Morgan fingerprint density at radius 3 is 2.67 bits per heavy atom. The molecule has 0 bridgehead atoms. The largest absolute Gasteiger partial charge is 0.476 e. The first-order valence-electron chi connectivity index (χ1n) is 5.63. The van der Waals surface area contributed by atoms with Crippen molar-refractivity contribution < 1.29 is 19.5 Å². The Kier molecular flexibility index (Phi) is 3.65. The van der Waals surface area contributed by atoms with Crippen molar-refractivity contribution in [3.05, 3.63) is 18.1 Å². The van der Waals surface area contributed by atoms with Gasteiger partial charge in [0.05, 0.1) is 6.20 Å². The van der Waals surface area contributed by atoms with Crippen LogP contribution in [-0.4, -0.2) is 47.8 Å². The topological polar surface area (TPSA) is 158 Å². The first kappa shape index (κ1) is 14.2. The summed E-state index contributed by atoms with van der Waals surface area (Å²) in [7, 11) is 1.65. The lowest BCUT2D eigenvalue weighted by Crippen LogP contribution is -2.37. The van der Waals surface area contributed by atoms with E-state index in [0.717, 1.165) is 4.68 Å². The van der Waals surface area contributed by atoms with E-state index >= 15 is 0 Å². The second-order valence-corrected chi connectivity index (χ2v) is 4.06. The highest BCUT2D eigenvalue weighted by atomic mass is 16.4. The third-order valence-electron chi connectivity index (χ3n) is 2.47. The number of carboxylic acids is 1. The third-order valence-corrected chi connectivity index (χ3v) is 2.47. The fraction of sp³-hybridized carbons (Fsp3) is 0.200. The molecule has 0 radical (unpaired) electrons. The van der Waals surface area contributed by atoms with Crippen LogP contribution in [0.15, 0.2) is 12.4 Å². The zero-order valence-electron chi connectivity index (χ0n) is 10.8. The summed E-state index contributed by atoms with van der Waals surface area (Å²) in [5.74, 6) is -2.04. The van der Waals surface area contributed by atoms with Crippen LogP contribution in [0.25, 0.3) is 11.3 Å². The number of imide groups is 1. The number of nitrogens with zero attached hydrogens (tertiary/aromatic N) is 5.